The molecule has 2 aromatic rings. The van der Waals surface area contributed by atoms with Crippen molar-refractivity contribution in [3.63, 3.8) is 0 Å². The van der Waals surface area contributed by atoms with Gasteiger partial charge < -0.3 is 19.5 Å². The van der Waals surface area contributed by atoms with Crippen LogP contribution in [-0.4, -0.2) is 32.7 Å². The van der Waals surface area contributed by atoms with Crippen LogP contribution in [0, 0.1) is 0 Å². The van der Waals surface area contributed by atoms with Gasteiger partial charge in [-0.1, -0.05) is 27.5 Å². The molecule has 2 aromatic carbocycles. The molecule has 0 aliphatic rings. The van der Waals surface area contributed by atoms with Crippen molar-refractivity contribution in [2.75, 3.05) is 26.1 Å². The van der Waals surface area contributed by atoms with Gasteiger partial charge in [0.1, 0.15) is 17.1 Å². The highest BCUT2D eigenvalue weighted by Gasteiger charge is 2.17. The number of nitrogens with one attached hydrogen (secondary N) is 1. The number of hydrogen-bond donors (Lipinski definition) is 1. The van der Waals surface area contributed by atoms with Gasteiger partial charge in [-0.15, -0.1) is 0 Å². The van der Waals surface area contributed by atoms with E-state index in [1.807, 2.05) is 12.1 Å². The Balaban J connectivity index is 2.22. The van der Waals surface area contributed by atoms with E-state index in [1.165, 1.54) is 25.3 Å². The number of rotatable bonds is 7. The van der Waals surface area contributed by atoms with Crippen LogP contribution < -0.4 is 14.8 Å². The Bertz CT molecular complexity index is 914. The Morgan fingerprint density at radius 3 is 2.50 bits per heavy atom. The molecular formula is C20H19BrClNO5. The van der Waals surface area contributed by atoms with Gasteiger partial charge in [0.15, 0.2) is 0 Å². The summed E-state index contributed by atoms with van der Waals surface area (Å²) in [4.78, 5) is 24.3. The minimum absolute atomic E-state index is 0.182. The molecular weight excluding hydrogens is 450 g/mol. The first-order chi connectivity index (χ1) is 13.4. The Morgan fingerprint density at radius 1 is 1.14 bits per heavy atom. The third-order valence-corrected chi connectivity index (χ3v) is 4.45. The van der Waals surface area contributed by atoms with Crippen LogP contribution in [0.1, 0.15) is 22.8 Å². The number of halogens is 2. The van der Waals surface area contributed by atoms with Gasteiger partial charge in [0.05, 0.1) is 31.5 Å². The van der Waals surface area contributed by atoms with Crippen LogP contribution in [0.15, 0.2) is 40.9 Å². The highest BCUT2D eigenvalue weighted by molar-refractivity contribution is 9.10. The average molecular weight is 469 g/mol. The van der Waals surface area contributed by atoms with Crippen LogP contribution in [0.2, 0.25) is 5.02 Å². The van der Waals surface area contributed by atoms with Crippen molar-refractivity contribution in [1.82, 2.24) is 0 Å². The Kier molecular flexibility index (Phi) is 7.90. The summed E-state index contributed by atoms with van der Waals surface area (Å²) in [5.41, 5.74) is 1.22. The molecule has 0 heterocycles. The maximum atomic E-state index is 12.3. The van der Waals surface area contributed by atoms with E-state index in [4.69, 9.17) is 25.8 Å². The lowest BCUT2D eigenvalue weighted by Crippen LogP contribution is -2.11. The summed E-state index contributed by atoms with van der Waals surface area (Å²) in [6, 6.07) is 8.33. The van der Waals surface area contributed by atoms with E-state index < -0.39 is 11.9 Å². The number of ether oxygens (including phenoxy) is 3. The smallest absolute Gasteiger partial charge is 0.341 e. The monoisotopic (exact) mass is 467 g/mol. The number of anilines is 1. The number of carbonyl (C=O) groups is 2. The zero-order valence-corrected chi connectivity index (χ0v) is 17.9. The minimum Gasteiger partial charge on any atom is -0.496 e. The van der Waals surface area contributed by atoms with E-state index in [9.17, 15) is 9.59 Å². The van der Waals surface area contributed by atoms with Crippen LogP contribution in [0.3, 0.4) is 0 Å². The molecule has 148 valence electrons. The highest BCUT2D eigenvalue weighted by Crippen LogP contribution is 2.31. The second-order valence-corrected chi connectivity index (χ2v) is 6.78. The van der Waals surface area contributed by atoms with Crippen molar-refractivity contribution < 1.29 is 23.8 Å². The summed E-state index contributed by atoms with van der Waals surface area (Å²) in [5.74, 6) is -0.0860. The van der Waals surface area contributed by atoms with Crippen molar-refractivity contribution >= 4 is 51.2 Å². The van der Waals surface area contributed by atoms with Crippen molar-refractivity contribution in [2.45, 2.75) is 6.92 Å². The van der Waals surface area contributed by atoms with Crippen LogP contribution >= 0.6 is 27.5 Å². The summed E-state index contributed by atoms with van der Waals surface area (Å²) in [6.45, 7) is 1.93. The molecule has 0 saturated heterocycles. The van der Waals surface area contributed by atoms with Crippen LogP contribution in [-0.2, 0) is 9.53 Å². The Hall–Kier alpha value is -2.51. The highest BCUT2D eigenvalue weighted by atomic mass is 79.9. The molecule has 28 heavy (non-hydrogen) atoms. The van der Waals surface area contributed by atoms with Gasteiger partial charge in [-0.3, -0.25) is 4.79 Å². The predicted octanol–water partition coefficient (Wildman–Crippen LogP) is 4.95. The number of methoxy groups -OCH3 is 2. The molecule has 2 rings (SSSR count). The maximum Gasteiger partial charge on any atom is 0.341 e. The van der Waals surface area contributed by atoms with E-state index in [0.717, 1.165) is 10.0 Å². The summed E-state index contributed by atoms with van der Waals surface area (Å²) >= 11 is 9.59. The summed E-state index contributed by atoms with van der Waals surface area (Å²) < 4.78 is 16.3. The van der Waals surface area contributed by atoms with Crippen molar-refractivity contribution in [3.05, 3.63) is 57.0 Å². The average Bonchev–Trinajstić information content (AvgIpc) is 2.67. The van der Waals surface area contributed by atoms with Crippen LogP contribution in [0.25, 0.3) is 6.08 Å². The molecule has 0 aromatic heterocycles. The first-order valence-electron chi connectivity index (χ1n) is 8.26. The Morgan fingerprint density at radius 2 is 1.86 bits per heavy atom. The van der Waals surface area contributed by atoms with Gasteiger partial charge in [-0.25, -0.2) is 4.79 Å². The Labute approximate surface area is 176 Å². The molecule has 1 amide bonds. The SMILES string of the molecule is CCOC(=O)c1cc(Cl)c(NC(=O)/C=C/c2cc(Br)ccc2OC)cc1OC. The first kappa shape index (κ1) is 21.8. The van der Waals surface area contributed by atoms with Crippen molar-refractivity contribution in [3.8, 4) is 11.5 Å². The fourth-order valence-corrected chi connectivity index (χ4v) is 2.95. The fraction of sp³-hybridized carbons (Fsp3) is 0.200. The molecule has 0 bridgehead atoms. The summed E-state index contributed by atoms with van der Waals surface area (Å²) in [7, 11) is 2.97. The molecule has 0 saturated carbocycles. The molecule has 0 fully saturated rings. The number of hydrogen-bond acceptors (Lipinski definition) is 5. The van der Waals surface area contributed by atoms with Gasteiger partial charge in [0.25, 0.3) is 0 Å². The minimum atomic E-state index is -0.555. The molecule has 0 aliphatic carbocycles. The summed E-state index contributed by atoms with van der Waals surface area (Å²) in [6.07, 6.45) is 2.98. The lowest BCUT2D eigenvalue weighted by atomic mass is 10.1. The van der Waals surface area contributed by atoms with Crippen LogP contribution in [0.4, 0.5) is 5.69 Å². The molecule has 6 nitrogen and oxygen atoms in total. The van der Waals surface area contributed by atoms with Crippen molar-refractivity contribution in [2.24, 2.45) is 0 Å². The zero-order valence-electron chi connectivity index (χ0n) is 15.5. The summed E-state index contributed by atoms with van der Waals surface area (Å²) in [5, 5.41) is 2.85. The van der Waals surface area contributed by atoms with E-state index in [2.05, 4.69) is 21.2 Å². The molecule has 0 atom stereocenters. The predicted molar refractivity (Wildman–Crippen MR) is 112 cm³/mol. The van der Waals surface area contributed by atoms with Gasteiger partial charge in [0.2, 0.25) is 5.91 Å². The molecule has 8 heteroatoms. The number of amides is 1. The van der Waals surface area contributed by atoms with Crippen LogP contribution in [0.5, 0.6) is 11.5 Å². The van der Waals surface area contributed by atoms with Gasteiger partial charge in [-0.2, -0.15) is 0 Å². The largest absolute Gasteiger partial charge is 0.496 e. The molecule has 0 aliphatic heterocycles. The van der Waals surface area contributed by atoms with E-state index in [0.29, 0.717) is 11.4 Å². The topological polar surface area (TPSA) is 73.9 Å². The maximum absolute atomic E-state index is 12.3. The van der Waals surface area contributed by atoms with Gasteiger partial charge in [-0.05, 0) is 37.3 Å². The van der Waals surface area contributed by atoms with E-state index in [-0.39, 0.29) is 22.9 Å². The van der Waals surface area contributed by atoms with E-state index >= 15 is 0 Å². The molecule has 0 unspecified atom stereocenters. The van der Waals surface area contributed by atoms with E-state index in [1.54, 1.807) is 26.2 Å². The number of esters is 1. The third kappa shape index (κ3) is 5.50. The normalized spacial score (nSPS) is 10.6. The molecule has 1 N–H and O–H groups in total. The standard InChI is InChI=1S/C20H19BrClNO5/c1-4-28-20(25)14-10-15(22)16(11-18(14)27-3)23-19(24)8-5-12-9-13(21)6-7-17(12)26-2/h5-11H,4H2,1-3H3,(H,23,24)/b8-5+. The third-order valence-electron chi connectivity index (χ3n) is 3.65. The quantitative estimate of drug-likeness (QED) is 0.460. The van der Waals surface area contributed by atoms with Crippen molar-refractivity contribution in [1.29, 1.82) is 0 Å². The lowest BCUT2D eigenvalue weighted by molar-refractivity contribution is -0.111. The lowest BCUT2D eigenvalue weighted by Gasteiger charge is -2.12. The fourth-order valence-electron chi connectivity index (χ4n) is 2.36. The number of benzene rings is 2. The zero-order chi connectivity index (χ0) is 20.7. The second-order valence-electron chi connectivity index (χ2n) is 5.46. The molecule has 0 radical (unpaired) electrons. The van der Waals surface area contributed by atoms with Gasteiger partial charge in [0, 0.05) is 22.2 Å². The van der Waals surface area contributed by atoms with Gasteiger partial charge >= 0.3 is 5.97 Å². The second kappa shape index (κ2) is 10.1. The first-order valence-corrected chi connectivity index (χ1v) is 9.44. The molecule has 0 spiro atoms. The number of carbonyl (C=O) groups excluding carboxylic acids is 2.